The molecule has 5 nitrogen and oxygen atoms in total. The normalized spacial score (nSPS) is 20.1. The fraction of sp³-hybridized carbons (Fsp3) is 0.933. The molecule has 0 bridgehead atoms. The predicted octanol–water partition coefficient (Wildman–Crippen LogP) is 0.502. The van der Waals surface area contributed by atoms with Crippen LogP contribution in [-0.4, -0.2) is 68.1 Å². The molecule has 3 N–H and O–H groups in total. The zero-order chi connectivity index (χ0) is 15.3. The Balaban J connectivity index is 2.21. The minimum absolute atomic E-state index is 0.0410. The molecule has 118 valence electrons. The van der Waals surface area contributed by atoms with Gasteiger partial charge in [-0.3, -0.25) is 4.79 Å². The van der Waals surface area contributed by atoms with Crippen molar-refractivity contribution in [1.82, 2.24) is 15.1 Å². The van der Waals surface area contributed by atoms with Gasteiger partial charge in [-0.15, -0.1) is 0 Å². The molecule has 1 rings (SSSR count). The summed E-state index contributed by atoms with van der Waals surface area (Å²) in [4.78, 5) is 16.6. The topological polar surface area (TPSA) is 61.6 Å². The maximum atomic E-state index is 11.9. The number of piperidine rings is 1. The number of carbonyl (C=O) groups excluding carboxylic acids is 1. The molecule has 0 aromatic heterocycles. The minimum Gasteiger partial charge on any atom is -0.353 e. The third-order valence-corrected chi connectivity index (χ3v) is 4.23. The highest BCUT2D eigenvalue weighted by atomic mass is 16.2. The van der Waals surface area contributed by atoms with E-state index in [-0.39, 0.29) is 11.3 Å². The van der Waals surface area contributed by atoms with Crippen LogP contribution in [0.15, 0.2) is 0 Å². The van der Waals surface area contributed by atoms with Crippen molar-refractivity contribution in [3.8, 4) is 0 Å². The van der Waals surface area contributed by atoms with Crippen LogP contribution in [0.1, 0.15) is 33.6 Å². The molecule has 0 aromatic carbocycles. The van der Waals surface area contributed by atoms with Gasteiger partial charge in [-0.25, -0.2) is 0 Å². The van der Waals surface area contributed by atoms with Crippen LogP contribution in [0.5, 0.6) is 0 Å². The Kier molecular flexibility index (Phi) is 6.43. The zero-order valence-electron chi connectivity index (χ0n) is 13.8. The third-order valence-electron chi connectivity index (χ3n) is 4.23. The Labute approximate surface area is 123 Å². The summed E-state index contributed by atoms with van der Waals surface area (Å²) in [6, 6.07) is 0.261. The first-order valence-electron chi connectivity index (χ1n) is 7.64. The largest absolute Gasteiger partial charge is 0.353 e. The van der Waals surface area contributed by atoms with Crippen molar-refractivity contribution < 1.29 is 4.79 Å². The van der Waals surface area contributed by atoms with Crippen molar-refractivity contribution in [1.29, 1.82) is 0 Å². The lowest BCUT2D eigenvalue weighted by Gasteiger charge is -2.35. The van der Waals surface area contributed by atoms with Crippen LogP contribution >= 0.6 is 0 Å². The number of nitrogens with zero attached hydrogens (tertiary/aromatic N) is 2. The number of amides is 1. The van der Waals surface area contributed by atoms with Crippen LogP contribution in [0, 0.1) is 5.41 Å². The summed E-state index contributed by atoms with van der Waals surface area (Å²) in [5.74, 6) is -0.0410. The van der Waals surface area contributed by atoms with E-state index >= 15 is 0 Å². The predicted molar refractivity (Wildman–Crippen MR) is 83.6 cm³/mol. The Hall–Kier alpha value is -0.650. The van der Waals surface area contributed by atoms with Crippen LogP contribution in [0.4, 0.5) is 0 Å². The number of rotatable bonds is 5. The van der Waals surface area contributed by atoms with Gasteiger partial charge < -0.3 is 20.9 Å². The maximum absolute atomic E-state index is 11.9. The molecule has 0 spiro atoms. The third kappa shape index (κ3) is 5.38. The molecule has 0 radical (unpaired) electrons. The van der Waals surface area contributed by atoms with E-state index in [2.05, 4.69) is 29.2 Å². The Morgan fingerprint density at radius 1 is 1.35 bits per heavy atom. The quantitative estimate of drug-likeness (QED) is 0.772. The highest BCUT2D eigenvalue weighted by Gasteiger charge is 2.27. The molecular formula is C15H32N4O. The summed E-state index contributed by atoms with van der Waals surface area (Å²) >= 11 is 0. The first kappa shape index (κ1) is 17.4. The van der Waals surface area contributed by atoms with Crippen LogP contribution in [0.3, 0.4) is 0 Å². The van der Waals surface area contributed by atoms with E-state index in [0.717, 1.165) is 19.6 Å². The van der Waals surface area contributed by atoms with Crippen LogP contribution in [0.2, 0.25) is 0 Å². The average molecular weight is 284 g/mol. The molecule has 20 heavy (non-hydrogen) atoms. The van der Waals surface area contributed by atoms with E-state index in [1.165, 1.54) is 12.8 Å². The van der Waals surface area contributed by atoms with Crippen LogP contribution in [-0.2, 0) is 4.79 Å². The molecule has 1 heterocycles. The van der Waals surface area contributed by atoms with E-state index < -0.39 is 6.04 Å². The van der Waals surface area contributed by atoms with Crippen LogP contribution in [0.25, 0.3) is 0 Å². The lowest BCUT2D eigenvalue weighted by atomic mass is 9.87. The molecule has 0 aliphatic carbocycles. The molecule has 0 unspecified atom stereocenters. The Bertz CT molecular complexity index is 303. The van der Waals surface area contributed by atoms with Gasteiger partial charge in [0.05, 0.1) is 6.04 Å². The number of hydrogen-bond acceptors (Lipinski definition) is 4. The smallest absolute Gasteiger partial charge is 0.237 e. The van der Waals surface area contributed by atoms with Gasteiger partial charge in [-0.2, -0.15) is 0 Å². The van der Waals surface area contributed by atoms with Crippen molar-refractivity contribution >= 4 is 5.91 Å². The van der Waals surface area contributed by atoms with Gasteiger partial charge in [0, 0.05) is 19.1 Å². The monoisotopic (exact) mass is 284 g/mol. The molecular weight excluding hydrogens is 252 g/mol. The van der Waals surface area contributed by atoms with Gasteiger partial charge in [0.1, 0.15) is 0 Å². The molecule has 0 saturated carbocycles. The summed E-state index contributed by atoms with van der Waals surface area (Å²) in [7, 11) is 4.29. The molecule has 1 fully saturated rings. The van der Waals surface area contributed by atoms with Gasteiger partial charge in [-0.05, 0) is 45.4 Å². The van der Waals surface area contributed by atoms with Crippen molar-refractivity contribution in [3.63, 3.8) is 0 Å². The fourth-order valence-electron chi connectivity index (χ4n) is 2.50. The number of likely N-dealkylation sites (tertiary alicyclic amines) is 1. The van der Waals surface area contributed by atoms with Gasteiger partial charge in [0.15, 0.2) is 0 Å². The van der Waals surface area contributed by atoms with E-state index in [1.807, 2.05) is 20.8 Å². The number of nitrogens with one attached hydrogen (secondary N) is 1. The van der Waals surface area contributed by atoms with E-state index in [4.69, 9.17) is 5.73 Å². The van der Waals surface area contributed by atoms with Crippen molar-refractivity contribution in [2.45, 2.75) is 45.7 Å². The Morgan fingerprint density at radius 3 is 2.35 bits per heavy atom. The van der Waals surface area contributed by atoms with E-state index in [0.29, 0.717) is 12.6 Å². The van der Waals surface area contributed by atoms with Crippen molar-refractivity contribution in [2.75, 3.05) is 40.3 Å². The SMILES string of the molecule is CN(C)C1CCN(CCNC(=O)[C@@H](N)C(C)(C)C)CC1. The Morgan fingerprint density at radius 2 is 1.90 bits per heavy atom. The zero-order valence-corrected chi connectivity index (χ0v) is 13.8. The molecule has 1 atom stereocenters. The molecule has 0 aromatic rings. The van der Waals surface area contributed by atoms with Crippen molar-refractivity contribution in [2.24, 2.45) is 11.1 Å². The summed E-state index contributed by atoms with van der Waals surface area (Å²) in [6.45, 7) is 9.81. The second-order valence-electron chi connectivity index (χ2n) is 7.17. The van der Waals surface area contributed by atoms with E-state index in [1.54, 1.807) is 0 Å². The lowest BCUT2D eigenvalue weighted by Crippen LogP contribution is -2.50. The number of nitrogens with two attached hydrogens (primary N) is 1. The standard InChI is InChI=1S/C15H32N4O/c1-15(2,3)13(16)14(20)17-8-11-19-9-6-12(7-10-19)18(4)5/h12-13H,6-11,16H2,1-5H3,(H,17,20)/t13-/m1/s1. The first-order chi connectivity index (χ1) is 9.21. The van der Waals surface area contributed by atoms with Gasteiger partial charge in [-0.1, -0.05) is 20.8 Å². The second kappa shape index (κ2) is 7.38. The second-order valence-corrected chi connectivity index (χ2v) is 7.17. The summed E-state index contributed by atoms with van der Waals surface area (Å²) < 4.78 is 0. The van der Waals surface area contributed by atoms with Gasteiger partial charge >= 0.3 is 0 Å². The maximum Gasteiger partial charge on any atom is 0.237 e. The lowest BCUT2D eigenvalue weighted by molar-refractivity contribution is -0.124. The molecule has 5 heteroatoms. The summed E-state index contributed by atoms with van der Waals surface area (Å²) in [6.07, 6.45) is 2.42. The van der Waals surface area contributed by atoms with Gasteiger partial charge in [0.2, 0.25) is 5.91 Å². The molecule has 1 aliphatic rings. The van der Waals surface area contributed by atoms with Crippen molar-refractivity contribution in [3.05, 3.63) is 0 Å². The molecule has 1 aliphatic heterocycles. The molecule has 1 saturated heterocycles. The first-order valence-corrected chi connectivity index (χ1v) is 7.64. The average Bonchev–Trinajstić information content (AvgIpc) is 2.37. The summed E-state index contributed by atoms with van der Waals surface area (Å²) in [5, 5.41) is 2.95. The fourth-order valence-corrected chi connectivity index (χ4v) is 2.50. The summed E-state index contributed by atoms with van der Waals surface area (Å²) in [5.41, 5.74) is 5.75. The van der Waals surface area contributed by atoms with Gasteiger partial charge in [0.25, 0.3) is 0 Å². The van der Waals surface area contributed by atoms with E-state index in [9.17, 15) is 4.79 Å². The number of hydrogen-bond donors (Lipinski definition) is 2. The van der Waals surface area contributed by atoms with Crippen LogP contribution < -0.4 is 11.1 Å². The molecule has 1 amide bonds. The number of carbonyl (C=O) groups is 1. The highest BCUT2D eigenvalue weighted by molar-refractivity contribution is 5.82. The minimum atomic E-state index is -0.443. The highest BCUT2D eigenvalue weighted by Crippen LogP contribution is 2.17.